The maximum Gasteiger partial charge on any atom is 0.120 e. The van der Waals surface area contributed by atoms with E-state index in [-0.39, 0.29) is 0 Å². The van der Waals surface area contributed by atoms with E-state index < -0.39 is 0 Å². The molecule has 0 amide bonds. The third kappa shape index (κ3) is 4.71. The molecule has 0 atom stereocenters. The van der Waals surface area contributed by atoms with Gasteiger partial charge in [-0.1, -0.05) is 0 Å². The van der Waals surface area contributed by atoms with Crippen molar-refractivity contribution < 1.29 is 9.47 Å². The first-order valence-electron chi connectivity index (χ1n) is 12.4. The molecule has 192 valence electrons. The van der Waals surface area contributed by atoms with E-state index in [0.29, 0.717) is 35.3 Å². The smallest absolute Gasteiger partial charge is 0.120 e. The average Bonchev–Trinajstić information content (AvgIpc) is 2.90. The van der Waals surface area contributed by atoms with Gasteiger partial charge in [-0.25, -0.2) is 0 Å². The topological polar surface area (TPSA) is 150 Å². The molecule has 2 aromatic heterocycles. The summed E-state index contributed by atoms with van der Waals surface area (Å²) in [5.74, 6) is 1.57. The second-order valence-corrected chi connectivity index (χ2v) is 8.89. The average molecular weight is 507 g/mol. The standard InChI is InChI=1S/2C15H15N3O/c2*1-2-19-10-4-6-13-12(8-10)15(17)11-5-3-9(16)7-14(11)18-13/h2*3-8H,2,16H2,1H3,(H2,17,18). The van der Waals surface area contributed by atoms with Crippen molar-refractivity contribution in [2.24, 2.45) is 0 Å². The molecular weight excluding hydrogens is 476 g/mol. The summed E-state index contributed by atoms with van der Waals surface area (Å²) in [4.78, 5) is 6.61. The van der Waals surface area contributed by atoms with Crippen molar-refractivity contribution >= 4 is 55.0 Å². The van der Waals surface area contributed by atoms with Gasteiger partial charge < -0.3 is 30.9 Å². The van der Waals surface area contributed by atoms with Crippen molar-refractivity contribution in [2.75, 3.05) is 24.7 Å². The number of rotatable bonds is 4. The zero-order valence-electron chi connectivity index (χ0n) is 21.3. The van der Waals surface area contributed by atoms with Gasteiger partial charge >= 0.3 is 0 Å². The van der Waals surface area contributed by atoms with Crippen molar-refractivity contribution in [2.45, 2.75) is 13.8 Å². The Kier molecular flexibility index (Phi) is 6.62. The number of fused-ring (bicyclic) bond motifs is 4. The predicted octanol–water partition coefficient (Wildman–Crippen LogP) is 5.56. The van der Waals surface area contributed by atoms with Crippen LogP contribution in [0.3, 0.4) is 0 Å². The molecule has 2 heterocycles. The van der Waals surface area contributed by atoms with Gasteiger partial charge in [-0.3, -0.25) is 10.8 Å². The van der Waals surface area contributed by atoms with Crippen LogP contribution in [0.25, 0.3) is 43.6 Å². The van der Waals surface area contributed by atoms with E-state index in [1.807, 2.05) is 86.6 Å². The number of ether oxygens (including phenoxy) is 2. The molecule has 8 heteroatoms. The zero-order valence-corrected chi connectivity index (χ0v) is 21.3. The molecule has 6 rings (SSSR count). The normalized spacial score (nSPS) is 11.0. The lowest BCUT2D eigenvalue weighted by Gasteiger charge is -2.07. The van der Waals surface area contributed by atoms with Crippen LogP contribution in [0, 0.1) is 10.8 Å². The van der Waals surface area contributed by atoms with Crippen LogP contribution in [0.4, 0.5) is 11.4 Å². The Morgan fingerprint density at radius 2 is 0.974 bits per heavy atom. The van der Waals surface area contributed by atoms with E-state index >= 15 is 0 Å². The Morgan fingerprint density at radius 1 is 0.553 bits per heavy atom. The summed E-state index contributed by atoms with van der Waals surface area (Å²) < 4.78 is 11.0. The van der Waals surface area contributed by atoms with Crippen LogP contribution < -0.4 is 31.7 Å². The molecule has 38 heavy (non-hydrogen) atoms. The van der Waals surface area contributed by atoms with E-state index in [4.69, 9.17) is 31.8 Å². The van der Waals surface area contributed by atoms with E-state index in [1.165, 1.54) is 0 Å². The molecule has 0 aliphatic carbocycles. The summed E-state index contributed by atoms with van der Waals surface area (Å²) in [6, 6.07) is 22.5. The Morgan fingerprint density at radius 3 is 1.37 bits per heavy atom. The van der Waals surface area contributed by atoms with Gasteiger partial charge in [-0.15, -0.1) is 0 Å². The van der Waals surface area contributed by atoms with Crippen LogP contribution in [0.1, 0.15) is 13.8 Å². The lowest BCUT2D eigenvalue weighted by Crippen LogP contribution is -2.05. The Balaban J connectivity index is 0.000000155. The number of pyridine rings is 2. The van der Waals surface area contributed by atoms with Gasteiger partial charge in [-0.05, 0) is 86.6 Å². The van der Waals surface area contributed by atoms with Gasteiger partial charge in [0.2, 0.25) is 0 Å². The van der Waals surface area contributed by atoms with E-state index in [0.717, 1.165) is 55.1 Å². The number of benzene rings is 4. The Labute approximate surface area is 218 Å². The van der Waals surface area contributed by atoms with Gasteiger partial charge in [0.15, 0.2) is 0 Å². The highest BCUT2D eigenvalue weighted by atomic mass is 16.5. The number of nitrogens with one attached hydrogen (secondary N) is 4. The Hall–Kier alpha value is -4.98. The highest BCUT2D eigenvalue weighted by molar-refractivity contribution is 5.94. The number of H-pyrrole nitrogens is 2. The molecule has 6 aromatic rings. The number of hydrogen-bond acceptors (Lipinski definition) is 6. The van der Waals surface area contributed by atoms with Crippen LogP contribution in [0.15, 0.2) is 72.8 Å². The molecule has 0 saturated heterocycles. The van der Waals surface area contributed by atoms with Gasteiger partial charge in [0.1, 0.15) is 11.5 Å². The fraction of sp³-hybridized carbons (Fsp3) is 0.133. The van der Waals surface area contributed by atoms with Crippen molar-refractivity contribution in [1.29, 1.82) is 10.8 Å². The van der Waals surface area contributed by atoms with Crippen LogP contribution >= 0.6 is 0 Å². The molecule has 0 spiro atoms. The van der Waals surface area contributed by atoms with E-state index in [1.54, 1.807) is 0 Å². The highest BCUT2D eigenvalue weighted by Gasteiger charge is 2.06. The van der Waals surface area contributed by atoms with Crippen LogP contribution in [0.2, 0.25) is 0 Å². The summed E-state index contributed by atoms with van der Waals surface area (Å²) in [5.41, 5.74) is 16.5. The first-order valence-corrected chi connectivity index (χ1v) is 12.4. The van der Waals surface area contributed by atoms with Crippen LogP contribution in [-0.2, 0) is 0 Å². The maximum absolute atomic E-state index is 8.32. The third-order valence-electron chi connectivity index (χ3n) is 6.31. The summed E-state index contributed by atoms with van der Waals surface area (Å²) in [5, 5.41) is 21.0. The van der Waals surface area contributed by atoms with Crippen molar-refractivity contribution in [3.63, 3.8) is 0 Å². The van der Waals surface area contributed by atoms with Gasteiger partial charge in [-0.2, -0.15) is 0 Å². The summed E-state index contributed by atoms with van der Waals surface area (Å²) in [6.45, 7) is 5.13. The lowest BCUT2D eigenvalue weighted by molar-refractivity contribution is 0.340. The minimum Gasteiger partial charge on any atom is -0.494 e. The molecule has 0 unspecified atom stereocenters. The minimum absolute atomic E-state index is 0.491. The quantitative estimate of drug-likeness (QED) is 0.137. The number of nitrogens with two attached hydrogens (primary N) is 2. The van der Waals surface area contributed by atoms with Gasteiger partial charge in [0.25, 0.3) is 0 Å². The number of nitrogen functional groups attached to an aromatic ring is 2. The summed E-state index contributed by atoms with van der Waals surface area (Å²) in [6.07, 6.45) is 0. The molecule has 0 aliphatic rings. The van der Waals surface area contributed by atoms with Crippen molar-refractivity contribution in [3.8, 4) is 11.5 Å². The molecular formula is C30H30N6O2. The molecule has 0 saturated carbocycles. The molecule has 0 fully saturated rings. The predicted molar refractivity (Wildman–Crippen MR) is 154 cm³/mol. The third-order valence-corrected chi connectivity index (χ3v) is 6.31. The minimum atomic E-state index is 0.491. The van der Waals surface area contributed by atoms with E-state index in [2.05, 4.69) is 9.97 Å². The molecule has 0 radical (unpaired) electrons. The summed E-state index contributed by atoms with van der Waals surface area (Å²) >= 11 is 0. The molecule has 0 aliphatic heterocycles. The highest BCUT2D eigenvalue weighted by Crippen LogP contribution is 2.22. The second-order valence-electron chi connectivity index (χ2n) is 8.89. The Bertz CT molecular complexity index is 1780. The molecule has 4 aromatic carbocycles. The largest absolute Gasteiger partial charge is 0.494 e. The first-order chi connectivity index (χ1) is 18.4. The maximum atomic E-state index is 8.32. The number of aromatic amines is 2. The molecule has 8 nitrogen and oxygen atoms in total. The van der Waals surface area contributed by atoms with E-state index in [9.17, 15) is 0 Å². The first kappa shape index (κ1) is 24.7. The second kappa shape index (κ2) is 10.2. The number of aromatic nitrogens is 2. The lowest BCUT2D eigenvalue weighted by atomic mass is 10.1. The van der Waals surface area contributed by atoms with Gasteiger partial charge in [0, 0.05) is 44.0 Å². The molecule has 0 bridgehead atoms. The number of hydrogen-bond donors (Lipinski definition) is 6. The monoisotopic (exact) mass is 506 g/mol. The van der Waals surface area contributed by atoms with Crippen molar-refractivity contribution in [3.05, 3.63) is 83.5 Å². The number of anilines is 2. The van der Waals surface area contributed by atoms with Crippen LogP contribution in [0.5, 0.6) is 11.5 Å². The van der Waals surface area contributed by atoms with Crippen molar-refractivity contribution in [1.82, 2.24) is 9.97 Å². The van der Waals surface area contributed by atoms with Gasteiger partial charge in [0.05, 0.1) is 35.0 Å². The van der Waals surface area contributed by atoms with Crippen LogP contribution in [-0.4, -0.2) is 23.2 Å². The molecule has 8 N–H and O–H groups in total. The fourth-order valence-corrected chi connectivity index (χ4v) is 4.54. The zero-order chi connectivity index (χ0) is 26.8. The summed E-state index contributed by atoms with van der Waals surface area (Å²) in [7, 11) is 0. The fourth-order valence-electron chi connectivity index (χ4n) is 4.54. The SMILES string of the molecule is CCOc1ccc2[nH]c3cc(N)ccc3c(=N)c2c1.CCOc1ccc2[nH]c3cc(N)ccc3c(=N)c2c1.